The molecular weight excluding hydrogens is 352 g/mol. The third-order valence-electron chi connectivity index (χ3n) is 4.56. The van der Waals surface area contributed by atoms with Crippen LogP contribution in [0.1, 0.15) is 35.8 Å². The van der Waals surface area contributed by atoms with Gasteiger partial charge in [0.05, 0.1) is 5.56 Å². The van der Waals surface area contributed by atoms with Crippen LogP contribution in [0.2, 0.25) is 0 Å². The summed E-state index contributed by atoms with van der Waals surface area (Å²) in [7, 11) is -1.99. The molecule has 0 aliphatic rings. The predicted octanol–water partition coefficient (Wildman–Crippen LogP) is 3.04. The van der Waals surface area contributed by atoms with E-state index in [-0.39, 0.29) is 16.8 Å². The van der Waals surface area contributed by atoms with Gasteiger partial charge in [-0.1, -0.05) is 30.3 Å². The molecule has 0 saturated heterocycles. The Morgan fingerprint density at radius 2 is 1.73 bits per heavy atom. The number of aryl methyl sites for hydroxylation is 1. The maximum absolute atomic E-state index is 13.2. The van der Waals surface area contributed by atoms with Gasteiger partial charge in [-0.25, -0.2) is 13.1 Å². The summed E-state index contributed by atoms with van der Waals surface area (Å²) in [6, 6.07) is 9.05. The van der Waals surface area contributed by atoms with E-state index in [0.717, 1.165) is 11.3 Å². The summed E-state index contributed by atoms with van der Waals surface area (Å²) in [5, 5.41) is 7.85. The highest BCUT2D eigenvalue weighted by Gasteiger charge is 2.31. The van der Waals surface area contributed by atoms with Gasteiger partial charge < -0.3 is 8.98 Å². The molecule has 26 heavy (non-hydrogen) atoms. The van der Waals surface area contributed by atoms with Crippen LogP contribution in [0.15, 0.2) is 39.6 Å². The third-order valence-corrected chi connectivity index (χ3v) is 6.26. The fourth-order valence-corrected chi connectivity index (χ4v) is 4.75. The first-order valence-electron chi connectivity index (χ1n) is 8.26. The van der Waals surface area contributed by atoms with Crippen molar-refractivity contribution in [3.63, 3.8) is 0 Å². The molecule has 1 unspecified atom stereocenters. The summed E-state index contributed by atoms with van der Waals surface area (Å²) in [4.78, 5) is 0.170. The quantitative estimate of drug-likeness (QED) is 0.741. The molecule has 0 aliphatic carbocycles. The number of nitrogens with zero attached hydrogens (tertiary/aromatic N) is 3. The lowest BCUT2D eigenvalue weighted by Gasteiger charge is -2.15. The molecule has 0 fully saturated rings. The van der Waals surface area contributed by atoms with E-state index in [4.69, 9.17) is 4.42 Å². The normalized spacial score (nSPS) is 13.1. The Labute approximate surface area is 153 Å². The third kappa shape index (κ3) is 3.17. The van der Waals surface area contributed by atoms with Crippen molar-refractivity contribution in [2.75, 3.05) is 0 Å². The molecule has 0 aliphatic heterocycles. The summed E-state index contributed by atoms with van der Waals surface area (Å²) in [6.07, 6.45) is 0. The highest BCUT2D eigenvalue weighted by molar-refractivity contribution is 7.89. The molecule has 2 heterocycles. The van der Waals surface area contributed by atoms with Crippen LogP contribution in [0.25, 0.3) is 11.5 Å². The van der Waals surface area contributed by atoms with E-state index in [9.17, 15) is 8.42 Å². The average Bonchev–Trinajstić information content (AvgIpc) is 3.12. The minimum atomic E-state index is -3.81. The maximum atomic E-state index is 13.2. The van der Waals surface area contributed by atoms with Gasteiger partial charge in [0.25, 0.3) is 5.89 Å². The van der Waals surface area contributed by atoms with Crippen molar-refractivity contribution < 1.29 is 12.8 Å². The minimum Gasteiger partial charge on any atom is -0.421 e. The van der Waals surface area contributed by atoms with Crippen molar-refractivity contribution in [1.82, 2.24) is 19.5 Å². The van der Waals surface area contributed by atoms with Gasteiger partial charge >= 0.3 is 0 Å². The molecule has 138 valence electrons. The van der Waals surface area contributed by atoms with Crippen molar-refractivity contribution in [2.24, 2.45) is 7.05 Å². The Morgan fingerprint density at radius 1 is 1.08 bits per heavy atom. The molecule has 1 N–H and O–H groups in total. The minimum absolute atomic E-state index is 0.170. The Bertz CT molecular complexity index is 1040. The number of benzene rings is 1. The zero-order valence-corrected chi connectivity index (χ0v) is 16.3. The van der Waals surface area contributed by atoms with Crippen LogP contribution in [0.3, 0.4) is 0 Å². The molecular formula is C18H22N4O3S. The van der Waals surface area contributed by atoms with Crippen molar-refractivity contribution in [2.45, 2.75) is 38.6 Å². The molecule has 1 aromatic carbocycles. The van der Waals surface area contributed by atoms with E-state index < -0.39 is 10.0 Å². The summed E-state index contributed by atoms with van der Waals surface area (Å²) < 4.78 is 36.5. The van der Waals surface area contributed by atoms with Crippen LogP contribution >= 0.6 is 0 Å². The van der Waals surface area contributed by atoms with Crippen LogP contribution in [-0.2, 0) is 17.1 Å². The van der Waals surface area contributed by atoms with E-state index >= 15 is 0 Å². The standard InChI is InChI=1S/C18H22N4O3S/c1-11(15-9-7-6-8-10-15)21-26(23,24)17-13(3)22(5)12(2)16(17)18-20-19-14(4)25-18/h6-11,21H,1-5H3. The summed E-state index contributed by atoms with van der Waals surface area (Å²) in [5.74, 6) is 0.589. The molecule has 0 radical (unpaired) electrons. The lowest BCUT2D eigenvalue weighted by molar-refractivity contribution is 0.529. The number of sulfonamides is 1. The highest BCUT2D eigenvalue weighted by Crippen LogP contribution is 2.35. The Kier molecular flexibility index (Phi) is 4.72. The van der Waals surface area contributed by atoms with Crippen molar-refractivity contribution in [3.8, 4) is 11.5 Å². The van der Waals surface area contributed by atoms with E-state index in [1.807, 2.05) is 55.8 Å². The zero-order valence-electron chi connectivity index (χ0n) is 15.4. The first-order chi connectivity index (χ1) is 12.2. The Hall–Kier alpha value is -2.45. The fraction of sp³-hybridized carbons (Fsp3) is 0.333. The lowest BCUT2D eigenvalue weighted by Crippen LogP contribution is -2.27. The van der Waals surface area contributed by atoms with E-state index in [2.05, 4.69) is 14.9 Å². The smallest absolute Gasteiger partial charge is 0.250 e. The Morgan fingerprint density at radius 3 is 2.31 bits per heavy atom. The molecule has 3 rings (SSSR count). The van der Waals surface area contributed by atoms with Gasteiger partial charge in [0.15, 0.2) is 0 Å². The van der Waals surface area contributed by atoms with E-state index in [0.29, 0.717) is 17.1 Å². The highest BCUT2D eigenvalue weighted by atomic mass is 32.2. The second kappa shape index (κ2) is 6.69. The van der Waals surface area contributed by atoms with Crippen LogP contribution < -0.4 is 4.72 Å². The van der Waals surface area contributed by atoms with Gasteiger partial charge in [0.1, 0.15) is 4.90 Å². The second-order valence-electron chi connectivity index (χ2n) is 6.31. The topological polar surface area (TPSA) is 90.0 Å². The first kappa shape index (κ1) is 18.3. The summed E-state index contributed by atoms with van der Waals surface area (Å²) in [6.45, 7) is 7.09. The Balaban J connectivity index is 2.09. The van der Waals surface area contributed by atoms with Crippen molar-refractivity contribution in [3.05, 3.63) is 53.2 Å². The summed E-state index contributed by atoms with van der Waals surface area (Å²) in [5.41, 5.74) is 2.69. The number of hydrogen-bond acceptors (Lipinski definition) is 5. The van der Waals surface area contributed by atoms with Gasteiger partial charge in [-0.05, 0) is 26.3 Å². The molecule has 0 bridgehead atoms. The zero-order chi connectivity index (χ0) is 19.1. The largest absolute Gasteiger partial charge is 0.421 e. The van der Waals surface area contributed by atoms with Gasteiger partial charge in [0.2, 0.25) is 15.9 Å². The van der Waals surface area contributed by atoms with Crippen LogP contribution in [-0.4, -0.2) is 23.2 Å². The lowest BCUT2D eigenvalue weighted by atomic mass is 10.1. The van der Waals surface area contributed by atoms with Crippen LogP contribution in [0.4, 0.5) is 0 Å². The first-order valence-corrected chi connectivity index (χ1v) is 9.74. The van der Waals surface area contributed by atoms with Crippen LogP contribution in [0, 0.1) is 20.8 Å². The average molecular weight is 374 g/mol. The van der Waals surface area contributed by atoms with Gasteiger partial charge in [-0.3, -0.25) is 0 Å². The van der Waals surface area contributed by atoms with Crippen molar-refractivity contribution >= 4 is 10.0 Å². The molecule has 3 aromatic rings. The fourth-order valence-electron chi connectivity index (χ4n) is 3.00. The number of hydrogen-bond donors (Lipinski definition) is 1. The van der Waals surface area contributed by atoms with Gasteiger partial charge in [-0.15, -0.1) is 10.2 Å². The predicted molar refractivity (Wildman–Crippen MR) is 98.1 cm³/mol. The number of aromatic nitrogens is 3. The summed E-state index contributed by atoms with van der Waals surface area (Å²) >= 11 is 0. The van der Waals surface area contributed by atoms with Crippen LogP contribution in [0.5, 0.6) is 0 Å². The van der Waals surface area contributed by atoms with Crippen molar-refractivity contribution in [1.29, 1.82) is 0 Å². The molecule has 0 spiro atoms. The van der Waals surface area contributed by atoms with E-state index in [1.165, 1.54) is 0 Å². The molecule has 7 nitrogen and oxygen atoms in total. The monoisotopic (exact) mass is 374 g/mol. The number of rotatable bonds is 5. The molecule has 2 aromatic heterocycles. The second-order valence-corrected chi connectivity index (χ2v) is 7.96. The van der Waals surface area contributed by atoms with Gasteiger partial charge in [-0.2, -0.15) is 0 Å². The van der Waals surface area contributed by atoms with Gasteiger partial charge in [0, 0.05) is 31.4 Å². The van der Waals surface area contributed by atoms with E-state index in [1.54, 1.807) is 13.8 Å². The SMILES string of the molecule is Cc1nnc(-c2c(S(=O)(=O)NC(C)c3ccccc3)c(C)n(C)c2C)o1. The molecule has 1 atom stereocenters. The molecule has 0 amide bonds. The number of nitrogens with one attached hydrogen (secondary N) is 1. The molecule has 0 saturated carbocycles. The molecule has 8 heteroatoms. The maximum Gasteiger partial charge on any atom is 0.250 e.